The van der Waals surface area contributed by atoms with Crippen LogP contribution >= 0.6 is 35.4 Å². The Morgan fingerprint density at radius 3 is 2.43 bits per heavy atom. The first kappa shape index (κ1) is 20.3. The number of thiocarbonyl (C=S) groups is 1. The van der Waals surface area contributed by atoms with E-state index in [4.69, 9.17) is 35.4 Å². The van der Waals surface area contributed by atoms with Crippen molar-refractivity contribution in [3.8, 4) is 0 Å². The van der Waals surface area contributed by atoms with E-state index in [0.29, 0.717) is 26.3 Å². The molecule has 0 unspecified atom stereocenters. The number of benzene rings is 2. The van der Waals surface area contributed by atoms with Crippen molar-refractivity contribution in [2.45, 2.75) is 13.8 Å². The number of hydrogen-bond acceptors (Lipinski definition) is 2. The van der Waals surface area contributed by atoms with Crippen molar-refractivity contribution in [1.29, 1.82) is 0 Å². The van der Waals surface area contributed by atoms with Gasteiger partial charge in [-0.1, -0.05) is 59.7 Å². The summed E-state index contributed by atoms with van der Waals surface area (Å²) in [5.41, 5.74) is 3.62. The predicted octanol–water partition coefficient (Wildman–Crippen LogP) is 5.02. The minimum absolute atomic E-state index is 0.250. The van der Waals surface area contributed by atoms with Gasteiger partial charge < -0.3 is 10.4 Å². The van der Waals surface area contributed by atoms with Crippen molar-refractivity contribution in [2.24, 2.45) is 0 Å². The number of halogens is 2. The number of para-hydroxylation sites is 1. The van der Waals surface area contributed by atoms with Crippen LogP contribution in [0.5, 0.6) is 0 Å². The maximum absolute atomic E-state index is 13.3. The lowest BCUT2D eigenvalue weighted by Crippen LogP contribution is -2.40. The second kappa shape index (κ2) is 8.74. The molecule has 0 aliphatic carbocycles. The summed E-state index contributed by atoms with van der Waals surface area (Å²) in [5.74, 6) is -0.250. The predicted molar refractivity (Wildman–Crippen MR) is 118 cm³/mol. The standard InChI is InChI=1S/C22H18Cl2N2OS/c1-14-6-5-11-26(13-14)20(21(27)16-9-10-17(23)18(24)12-16)22(28)25-19-8-4-3-7-15(19)2/h3-13H,1-2H3,(H-,25,27,28). The zero-order valence-corrected chi connectivity index (χ0v) is 17.7. The summed E-state index contributed by atoms with van der Waals surface area (Å²) in [6, 6.07) is 16.4. The van der Waals surface area contributed by atoms with Crippen molar-refractivity contribution in [3.05, 3.63) is 93.7 Å². The number of nitrogens with one attached hydrogen (secondary N) is 1. The molecule has 142 valence electrons. The maximum atomic E-state index is 13.3. The molecule has 0 bridgehead atoms. The Morgan fingerprint density at radius 1 is 1.00 bits per heavy atom. The van der Waals surface area contributed by atoms with Crippen LogP contribution < -0.4 is 15.0 Å². The Labute approximate surface area is 179 Å². The fourth-order valence-corrected chi connectivity index (χ4v) is 3.34. The van der Waals surface area contributed by atoms with E-state index in [0.717, 1.165) is 16.8 Å². The fourth-order valence-electron chi connectivity index (χ4n) is 2.74. The summed E-state index contributed by atoms with van der Waals surface area (Å²) in [4.78, 5) is 0.320. The largest absolute Gasteiger partial charge is 0.867 e. The molecule has 0 aliphatic heterocycles. The van der Waals surface area contributed by atoms with Crippen molar-refractivity contribution >= 4 is 57.6 Å². The van der Waals surface area contributed by atoms with Gasteiger partial charge in [0.2, 0.25) is 5.70 Å². The van der Waals surface area contributed by atoms with Crippen LogP contribution in [-0.2, 0) is 0 Å². The molecule has 0 saturated heterocycles. The third-order valence-corrected chi connectivity index (χ3v) is 5.25. The number of anilines is 1. The van der Waals surface area contributed by atoms with E-state index in [-0.39, 0.29) is 5.76 Å². The highest BCUT2D eigenvalue weighted by atomic mass is 35.5. The minimum Gasteiger partial charge on any atom is -0.867 e. The number of aryl methyl sites for hydroxylation is 2. The highest BCUT2D eigenvalue weighted by Crippen LogP contribution is 2.26. The van der Waals surface area contributed by atoms with Crippen LogP contribution in [0.2, 0.25) is 10.0 Å². The van der Waals surface area contributed by atoms with Gasteiger partial charge >= 0.3 is 0 Å². The summed E-state index contributed by atoms with van der Waals surface area (Å²) in [5, 5.41) is 17.3. The third-order valence-electron chi connectivity index (χ3n) is 4.21. The normalized spacial score (nSPS) is 11.7. The van der Waals surface area contributed by atoms with Gasteiger partial charge in [-0.25, -0.2) is 0 Å². The molecule has 0 fully saturated rings. The van der Waals surface area contributed by atoms with Gasteiger partial charge in [-0.15, -0.1) is 0 Å². The number of aromatic nitrogens is 1. The molecule has 28 heavy (non-hydrogen) atoms. The molecule has 6 heteroatoms. The average molecular weight is 429 g/mol. The van der Waals surface area contributed by atoms with Gasteiger partial charge in [-0.05, 0) is 55.0 Å². The highest BCUT2D eigenvalue weighted by molar-refractivity contribution is 7.81. The fraction of sp³-hybridized carbons (Fsp3) is 0.0909. The molecule has 0 amide bonds. The van der Waals surface area contributed by atoms with E-state index in [1.165, 1.54) is 0 Å². The third kappa shape index (κ3) is 4.53. The first-order chi connectivity index (χ1) is 13.4. The molecule has 0 saturated carbocycles. The van der Waals surface area contributed by atoms with Crippen LogP contribution in [-0.4, -0.2) is 4.99 Å². The van der Waals surface area contributed by atoms with Gasteiger partial charge in [0.15, 0.2) is 17.4 Å². The quantitative estimate of drug-likeness (QED) is 0.274. The van der Waals surface area contributed by atoms with Gasteiger partial charge in [0.1, 0.15) is 0 Å². The number of nitrogens with zero attached hydrogens (tertiary/aromatic N) is 1. The molecule has 0 spiro atoms. The molecule has 1 heterocycles. The topological polar surface area (TPSA) is 39.0 Å². The van der Waals surface area contributed by atoms with Crippen molar-refractivity contribution in [2.75, 3.05) is 5.32 Å². The minimum atomic E-state index is -0.250. The van der Waals surface area contributed by atoms with E-state index in [1.807, 2.05) is 56.4 Å². The molecule has 3 rings (SSSR count). The second-order valence-electron chi connectivity index (χ2n) is 6.36. The lowest BCUT2D eigenvalue weighted by Gasteiger charge is -2.18. The van der Waals surface area contributed by atoms with Crippen molar-refractivity contribution in [1.82, 2.24) is 0 Å². The van der Waals surface area contributed by atoms with E-state index in [2.05, 4.69) is 5.32 Å². The summed E-state index contributed by atoms with van der Waals surface area (Å²) in [6.45, 7) is 3.93. The van der Waals surface area contributed by atoms with Crippen LogP contribution in [0.4, 0.5) is 5.69 Å². The summed E-state index contributed by atoms with van der Waals surface area (Å²) >= 11 is 17.7. The molecular weight excluding hydrogens is 411 g/mol. The molecule has 0 radical (unpaired) electrons. The Morgan fingerprint density at radius 2 is 1.75 bits per heavy atom. The van der Waals surface area contributed by atoms with E-state index in [9.17, 15) is 5.11 Å². The lowest BCUT2D eigenvalue weighted by atomic mass is 10.1. The molecule has 3 nitrogen and oxygen atoms in total. The first-order valence-electron chi connectivity index (χ1n) is 8.59. The first-order valence-corrected chi connectivity index (χ1v) is 9.75. The zero-order chi connectivity index (χ0) is 20.3. The van der Waals surface area contributed by atoms with Gasteiger partial charge in [-0.3, -0.25) is 0 Å². The average Bonchev–Trinajstić information content (AvgIpc) is 2.66. The van der Waals surface area contributed by atoms with Crippen LogP contribution in [0.1, 0.15) is 16.7 Å². The molecule has 2 aromatic carbocycles. The molecule has 1 N–H and O–H groups in total. The Balaban J connectivity index is 2.13. The molecule has 0 aliphatic rings. The lowest BCUT2D eigenvalue weighted by molar-refractivity contribution is -0.578. The van der Waals surface area contributed by atoms with Gasteiger partial charge in [-0.2, -0.15) is 4.57 Å². The van der Waals surface area contributed by atoms with Gasteiger partial charge in [0.25, 0.3) is 0 Å². The number of rotatable bonds is 4. The van der Waals surface area contributed by atoms with Gasteiger partial charge in [0, 0.05) is 17.3 Å². The molecule has 1 aromatic heterocycles. The molecule has 3 aromatic rings. The summed E-state index contributed by atoms with van der Waals surface area (Å²) in [6.07, 6.45) is 3.65. The van der Waals surface area contributed by atoms with Crippen LogP contribution in [0.3, 0.4) is 0 Å². The Hall–Kier alpha value is -2.40. The van der Waals surface area contributed by atoms with E-state index < -0.39 is 0 Å². The summed E-state index contributed by atoms with van der Waals surface area (Å²) < 4.78 is 1.73. The second-order valence-corrected chi connectivity index (χ2v) is 7.59. The van der Waals surface area contributed by atoms with Crippen molar-refractivity contribution in [3.63, 3.8) is 0 Å². The van der Waals surface area contributed by atoms with Crippen LogP contribution in [0.15, 0.2) is 67.0 Å². The smallest absolute Gasteiger partial charge is 0.238 e. The summed E-state index contributed by atoms with van der Waals surface area (Å²) in [7, 11) is 0. The monoisotopic (exact) mass is 428 g/mol. The van der Waals surface area contributed by atoms with Crippen molar-refractivity contribution < 1.29 is 9.67 Å². The molecule has 0 atom stereocenters. The van der Waals surface area contributed by atoms with E-state index >= 15 is 0 Å². The van der Waals surface area contributed by atoms with Gasteiger partial charge in [0.05, 0.1) is 10.0 Å². The number of pyridine rings is 1. The SMILES string of the molecule is Cc1ccc[n+](C(C(=S)Nc2ccccc2C)=C([O-])c2ccc(Cl)c(Cl)c2)c1. The number of hydrogen-bond donors (Lipinski definition) is 1. The Kier molecular flexibility index (Phi) is 6.35. The van der Waals surface area contributed by atoms with Crippen LogP contribution in [0, 0.1) is 13.8 Å². The highest BCUT2D eigenvalue weighted by Gasteiger charge is 2.20. The van der Waals surface area contributed by atoms with Crippen LogP contribution in [0.25, 0.3) is 11.5 Å². The van der Waals surface area contributed by atoms with E-state index in [1.54, 1.807) is 29.0 Å². The maximum Gasteiger partial charge on any atom is 0.238 e. The Bertz CT molecular complexity index is 1080. The molecular formula is C22H18Cl2N2OS. The zero-order valence-electron chi connectivity index (χ0n) is 15.4.